The zero-order valence-electron chi connectivity index (χ0n) is 20.6. The SMILES string of the molecule is Cc1cccc(S(=O)(=O)Nc2c(CC(=O)NCCONC(N)=NCc3ccccc3)cc(C)[nH]c2=O)c1. The van der Waals surface area contributed by atoms with Crippen molar-refractivity contribution < 1.29 is 18.0 Å². The Morgan fingerprint density at radius 3 is 2.57 bits per heavy atom. The van der Waals surface area contributed by atoms with Crippen molar-refractivity contribution in [1.29, 1.82) is 0 Å². The monoisotopic (exact) mass is 526 g/mol. The molecule has 6 N–H and O–H groups in total. The van der Waals surface area contributed by atoms with Gasteiger partial charge in [0.1, 0.15) is 5.69 Å². The van der Waals surface area contributed by atoms with Crippen LogP contribution in [0.25, 0.3) is 0 Å². The molecule has 0 spiro atoms. The van der Waals surface area contributed by atoms with E-state index in [9.17, 15) is 18.0 Å². The Balaban J connectivity index is 1.54. The number of aromatic nitrogens is 1. The van der Waals surface area contributed by atoms with Gasteiger partial charge < -0.3 is 16.0 Å². The number of benzene rings is 2. The molecule has 37 heavy (non-hydrogen) atoms. The number of aryl methyl sites for hydroxylation is 2. The van der Waals surface area contributed by atoms with Crippen molar-refractivity contribution in [3.05, 3.63) is 93.4 Å². The summed E-state index contributed by atoms with van der Waals surface area (Å²) >= 11 is 0. The van der Waals surface area contributed by atoms with Gasteiger partial charge in [0, 0.05) is 12.2 Å². The Kier molecular flexibility index (Phi) is 9.41. The van der Waals surface area contributed by atoms with Crippen molar-refractivity contribution >= 4 is 27.6 Å². The fourth-order valence-electron chi connectivity index (χ4n) is 3.38. The number of nitrogens with zero attached hydrogens (tertiary/aromatic N) is 1. The number of hydrogen-bond acceptors (Lipinski definition) is 6. The van der Waals surface area contributed by atoms with Crippen molar-refractivity contribution in [2.45, 2.75) is 31.7 Å². The van der Waals surface area contributed by atoms with E-state index in [4.69, 9.17) is 10.6 Å². The summed E-state index contributed by atoms with van der Waals surface area (Å²) in [5.41, 5.74) is 9.88. The Hall–Kier alpha value is -4.16. The smallest absolute Gasteiger partial charge is 0.272 e. The number of guanidine groups is 1. The van der Waals surface area contributed by atoms with Crippen LogP contribution in [0.15, 0.2) is 75.3 Å². The third-order valence-electron chi connectivity index (χ3n) is 5.11. The number of sulfonamides is 1. The number of rotatable bonds is 11. The highest BCUT2D eigenvalue weighted by molar-refractivity contribution is 7.92. The van der Waals surface area contributed by atoms with Crippen molar-refractivity contribution in [1.82, 2.24) is 15.8 Å². The molecule has 0 aliphatic heterocycles. The minimum Gasteiger partial charge on any atom is -0.368 e. The molecular weight excluding hydrogens is 496 g/mol. The third-order valence-corrected chi connectivity index (χ3v) is 6.46. The first-order valence-electron chi connectivity index (χ1n) is 11.4. The van der Waals surface area contributed by atoms with Gasteiger partial charge in [-0.2, -0.15) is 0 Å². The molecule has 3 rings (SSSR count). The lowest BCUT2D eigenvalue weighted by Crippen LogP contribution is -2.35. The van der Waals surface area contributed by atoms with E-state index in [0.717, 1.165) is 11.1 Å². The summed E-state index contributed by atoms with van der Waals surface area (Å²) in [5.74, 6) is -0.324. The molecule has 11 nitrogen and oxygen atoms in total. The summed E-state index contributed by atoms with van der Waals surface area (Å²) in [6.07, 6.45) is -0.218. The maximum absolute atomic E-state index is 12.8. The number of aromatic amines is 1. The van der Waals surface area contributed by atoms with Crippen LogP contribution < -0.4 is 26.8 Å². The molecule has 0 fully saturated rings. The van der Waals surface area contributed by atoms with Gasteiger partial charge in [-0.3, -0.25) is 19.1 Å². The number of hydroxylamine groups is 1. The van der Waals surface area contributed by atoms with Gasteiger partial charge in [-0.25, -0.2) is 18.9 Å². The molecule has 0 aliphatic rings. The van der Waals surface area contributed by atoms with Gasteiger partial charge in [0.2, 0.25) is 11.9 Å². The van der Waals surface area contributed by atoms with E-state index < -0.39 is 21.5 Å². The predicted octanol–water partition coefficient (Wildman–Crippen LogP) is 1.49. The first-order valence-corrected chi connectivity index (χ1v) is 12.9. The predicted molar refractivity (Wildman–Crippen MR) is 141 cm³/mol. The third kappa shape index (κ3) is 8.47. The molecule has 1 aromatic heterocycles. The molecule has 12 heteroatoms. The van der Waals surface area contributed by atoms with Gasteiger partial charge in [-0.05, 0) is 48.7 Å². The molecule has 0 saturated heterocycles. The summed E-state index contributed by atoms with van der Waals surface area (Å²) in [5, 5.41) is 2.66. The number of amides is 1. The lowest BCUT2D eigenvalue weighted by atomic mass is 10.1. The summed E-state index contributed by atoms with van der Waals surface area (Å²) < 4.78 is 28.0. The number of carbonyl (C=O) groups is 1. The van der Waals surface area contributed by atoms with Crippen molar-refractivity contribution in [3.8, 4) is 0 Å². The second-order valence-electron chi connectivity index (χ2n) is 8.27. The van der Waals surface area contributed by atoms with E-state index in [0.29, 0.717) is 12.2 Å². The number of pyridine rings is 1. The molecule has 0 bridgehead atoms. The molecule has 0 atom stereocenters. The molecule has 0 saturated carbocycles. The van der Waals surface area contributed by atoms with E-state index in [1.54, 1.807) is 32.0 Å². The molecule has 3 aromatic rings. The summed E-state index contributed by atoms with van der Waals surface area (Å²) in [6.45, 7) is 4.04. The van der Waals surface area contributed by atoms with Crippen LogP contribution in [0, 0.1) is 13.8 Å². The molecule has 2 aromatic carbocycles. The average molecular weight is 527 g/mol. The van der Waals surface area contributed by atoms with Gasteiger partial charge >= 0.3 is 0 Å². The van der Waals surface area contributed by atoms with Crippen LogP contribution in [-0.4, -0.2) is 38.4 Å². The zero-order chi connectivity index (χ0) is 26.8. The molecule has 0 unspecified atom stereocenters. The van der Waals surface area contributed by atoms with Gasteiger partial charge in [-0.1, -0.05) is 42.5 Å². The van der Waals surface area contributed by atoms with Crippen molar-refractivity contribution in [2.24, 2.45) is 10.7 Å². The second kappa shape index (κ2) is 12.7. The molecule has 0 radical (unpaired) electrons. The van der Waals surface area contributed by atoms with Gasteiger partial charge in [0.25, 0.3) is 15.6 Å². The fraction of sp³-hybridized carbons (Fsp3) is 0.240. The molecule has 0 aliphatic carbocycles. The number of nitrogens with one attached hydrogen (secondary N) is 4. The molecule has 1 amide bonds. The van der Waals surface area contributed by atoms with Crippen LogP contribution in [0.4, 0.5) is 5.69 Å². The Morgan fingerprint density at radius 2 is 1.84 bits per heavy atom. The minimum atomic E-state index is -4.04. The van der Waals surface area contributed by atoms with E-state index in [1.807, 2.05) is 30.3 Å². The van der Waals surface area contributed by atoms with Crippen molar-refractivity contribution in [3.63, 3.8) is 0 Å². The highest BCUT2D eigenvalue weighted by Gasteiger charge is 2.20. The second-order valence-corrected chi connectivity index (χ2v) is 9.95. The number of nitrogens with two attached hydrogens (primary N) is 1. The largest absolute Gasteiger partial charge is 0.368 e. The Labute approximate surface area is 215 Å². The van der Waals surface area contributed by atoms with E-state index >= 15 is 0 Å². The Morgan fingerprint density at radius 1 is 1.08 bits per heavy atom. The van der Waals surface area contributed by atoms with E-state index in [2.05, 4.69) is 25.5 Å². The van der Waals surface area contributed by atoms with Gasteiger partial charge in [0.15, 0.2) is 0 Å². The lowest BCUT2D eigenvalue weighted by Gasteiger charge is -2.13. The van der Waals surface area contributed by atoms with Gasteiger partial charge in [0.05, 0.1) is 24.5 Å². The Bertz CT molecular complexity index is 1420. The first-order chi connectivity index (χ1) is 17.6. The highest BCUT2D eigenvalue weighted by Crippen LogP contribution is 2.18. The standard InChI is InChI=1S/C25H30N6O5S/c1-17-7-6-10-21(13-17)37(34,35)31-23-20(14-18(2)29-24(23)33)15-22(32)27-11-12-36-30-25(26)28-16-19-8-4-3-5-9-19/h3-10,13-14,31H,11-12,15-16H2,1-2H3,(H,27,32)(H,29,33)(H3,26,28,30). The fourth-order valence-corrected chi connectivity index (χ4v) is 4.59. The maximum Gasteiger partial charge on any atom is 0.272 e. The first kappa shape index (κ1) is 27.4. The molecule has 196 valence electrons. The normalized spacial score (nSPS) is 11.7. The van der Waals surface area contributed by atoms with Crippen molar-refractivity contribution in [2.75, 3.05) is 17.9 Å². The summed E-state index contributed by atoms with van der Waals surface area (Å²) in [7, 11) is -4.04. The lowest BCUT2D eigenvalue weighted by molar-refractivity contribution is -0.120. The van der Waals surface area contributed by atoms with Gasteiger partial charge in [-0.15, -0.1) is 0 Å². The molecule has 1 heterocycles. The highest BCUT2D eigenvalue weighted by atomic mass is 32.2. The quantitative estimate of drug-likeness (QED) is 0.109. The van der Waals surface area contributed by atoms with Crippen LogP contribution in [0.5, 0.6) is 0 Å². The van der Waals surface area contributed by atoms with E-state index in [-0.39, 0.29) is 41.7 Å². The van der Waals surface area contributed by atoms with Crippen LogP contribution in [0.1, 0.15) is 22.4 Å². The van der Waals surface area contributed by atoms with Crippen LogP contribution >= 0.6 is 0 Å². The number of carbonyl (C=O) groups excluding carboxylic acids is 1. The summed E-state index contributed by atoms with van der Waals surface area (Å²) in [4.78, 5) is 37.0. The van der Waals surface area contributed by atoms with Crippen LogP contribution in [0.3, 0.4) is 0 Å². The summed E-state index contributed by atoms with van der Waals surface area (Å²) in [6, 6.07) is 17.4. The van der Waals surface area contributed by atoms with E-state index in [1.165, 1.54) is 12.1 Å². The molecular formula is C25H30N6O5S. The number of hydrogen-bond donors (Lipinski definition) is 5. The van der Waals surface area contributed by atoms with Crippen LogP contribution in [0.2, 0.25) is 0 Å². The number of aliphatic imine (C=N–C) groups is 1. The minimum absolute atomic E-state index is 0.0131. The van der Waals surface area contributed by atoms with Crippen LogP contribution in [-0.2, 0) is 32.6 Å². The topological polar surface area (TPSA) is 168 Å². The maximum atomic E-state index is 12.8. The number of H-pyrrole nitrogens is 1. The number of anilines is 1. The average Bonchev–Trinajstić information content (AvgIpc) is 2.85. The zero-order valence-corrected chi connectivity index (χ0v) is 21.4.